The molecule has 1 aliphatic rings. The molecule has 0 radical (unpaired) electrons. The summed E-state index contributed by atoms with van der Waals surface area (Å²) in [6.45, 7) is 0.524. The molecule has 0 aliphatic carbocycles. The van der Waals surface area contributed by atoms with Crippen LogP contribution in [0.4, 0.5) is 5.82 Å². The number of carbonyl (C=O) groups is 1. The number of hydrazine groups is 1. The van der Waals surface area contributed by atoms with Crippen LogP contribution in [0.25, 0.3) is 0 Å². The topological polar surface area (TPSA) is 116 Å². The van der Waals surface area contributed by atoms with E-state index in [0.29, 0.717) is 18.8 Å². The van der Waals surface area contributed by atoms with Crippen LogP contribution in [0.2, 0.25) is 0 Å². The summed E-state index contributed by atoms with van der Waals surface area (Å²) in [5.74, 6) is 4.55. The average Bonchev–Trinajstić information content (AvgIpc) is 2.67. The zero-order valence-corrected chi connectivity index (χ0v) is 8.47. The van der Waals surface area contributed by atoms with E-state index in [0.717, 1.165) is 12.8 Å². The lowest BCUT2D eigenvalue weighted by Gasteiger charge is -2.08. The smallest absolute Gasteiger partial charge is 0.356 e. The third-order valence-electron chi connectivity index (χ3n) is 2.57. The molecule has 3 N–H and O–H groups in total. The lowest BCUT2D eigenvalue weighted by Crippen LogP contribution is -2.30. The third kappa shape index (κ3) is 1.52. The molecule has 0 spiro atoms. The molecule has 0 saturated carbocycles. The second kappa shape index (κ2) is 3.89. The number of nitrogen functional groups attached to an aromatic ring is 1. The van der Waals surface area contributed by atoms with Gasteiger partial charge in [-0.3, -0.25) is 10.2 Å². The first kappa shape index (κ1) is 10.6. The predicted octanol–water partition coefficient (Wildman–Crippen LogP) is -0.269. The number of fused-ring (bicyclic) bond motifs is 1. The van der Waals surface area contributed by atoms with Gasteiger partial charge >= 0.3 is 5.82 Å². The van der Waals surface area contributed by atoms with Gasteiger partial charge in [-0.05, 0) is 17.8 Å². The predicted molar refractivity (Wildman–Crippen MR) is 53.5 cm³/mol. The van der Waals surface area contributed by atoms with Gasteiger partial charge in [-0.15, -0.1) is 0 Å². The number of nitrogens with one attached hydrogen (secondary N) is 1. The zero-order valence-electron chi connectivity index (χ0n) is 8.47. The minimum atomic E-state index is -0.728. The number of aromatic nitrogens is 2. The van der Waals surface area contributed by atoms with Gasteiger partial charge in [-0.1, -0.05) is 0 Å². The largest absolute Gasteiger partial charge is 0.358 e. The van der Waals surface area contributed by atoms with Crippen molar-refractivity contribution in [3.05, 3.63) is 21.6 Å². The molecule has 1 aliphatic heterocycles. The molecule has 2 heterocycles. The summed E-state index contributed by atoms with van der Waals surface area (Å²) < 4.78 is 1.48. The molecule has 0 bridgehead atoms. The van der Waals surface area contributed by atoms with Gasteiger partial charge in [0.05, 0.1) is 6.54 Å². The summed E-state index contributed by atoms with van der Waals surface area (Å²) in [6, 6.07) is 0. The van der Waals surface area contributed by atoms with Crippen LogP contribution in [0, 0.1) is 10.1 Å². The monoisotopic (exact) mass is 225 g/mol. The summed E-state index contributed by atoms with van der Waals surface area (Å²) in [5.41, 5.74) is 1.66. The van der Waals surface area contributed by atoms with Crippen LogP contribution in [-0.4, -0.2) is 20.4 Å². The van der Waals surface area contributed by atoms with E-state index in [1.165, 1.54) is 4.57 Å². The summed E-state index contributed by atoms with van der Waals surface area (Å²) in [7, 11) is 0. The minimum absolute atomic E-state index is 0.204. The van der Waals surface area contributed by atoms with E-state index in [4.69, 9.17) is 5.84 Å². The van der Waals surface area contributed by atoms with Crippen molar-refractivity contribution in [1.82, 2.24) is 15.0 Å². The van der Waals surface area contributed by atoms with E-state index in [9.17, 15) is 14.9 Å². The Labute approximate surface area is 90.6 Å². The fourth-order valence-corrected chi connectivity index (χ4v) is 1.87. The number of aryl methyl sites for hydroxylation is 1. The lowest BCUT2D eigenvalue weighted by atomic mass is 10.2. The molecule has 2 rings (SSSR count). The normalized spacial score (nSPS) is 14.3. The molecule has 1 amide bonds. The molecular weight excluding hydrogens is 214 g/mol. The van der Waals surface area contributed by atoms with Gasteiger partial charge in [-0.2, -0.15) is 4.98 Å². The molecule has 8 nitrogen and oxygen atoms in total. The van der Waals surface area contributed by atoms with Crippen LogP contribution in [0.1, 0.15) is 29.2 Å². The molecule has 86 valence electrons. The van der Waals surface area contributed by atoms with Crippen molar-refractivity contribution < 1.29 is 9.72 Å². The van der Waals surface area contributed by atoms with Crippen molar-refractivity contribution in [2.24, 2.45) is 5.84 Å². The first-order valence-electron chi connectivity index (χ1n) is 4.90. The van der Waals surface area contributed by atoms with E-state index in [1.54, 1.807) is 0 Å². The third-order valence-corrected chi connectivity index (χ3v) is 2.57. The number of rotatable bonds is 2. The molecule has 0 unspecified atom stereocenters. The van der Waals surface area contributed by atoms with Crippen molar-refractivity contribution >= 4 is 11.7 Å². The maximum atomic E-state index is 11.3. The highest BCUT2D eigenvalue weighted by molar-refractivity contribution is 5.95. The Balaban J connectivity index is 2.56. The Morgan fingerprint density at radius 3 is 2.94 bits per heavy atom. The Morgan fingerprint density at radius 2 is 2.31 bits per heavy atom. The Hall–Kier alpha value is -1.96. The van der Waals surface area contributed by atoms with E-state index in [-0.39, 0.29) is 11.5 Å². The molecule has 0 saturated heterocycles. The molecule has 0 fully saturated rings. The molecule has 16 heavy (non-hydrogen) atoms. The fourth-order valence-electron chi connectivity index (χ4n) is 1.87. The summed E-state index contributed by atoms with van der Waals surface area (Å²) in [6.07, 6.45) is 2.43. The Morgan fingerprint density at radius 1 is 1.56 bits per heavy atom. The number of nitrogens with zero attached hydrogens (tertiary/aromatic N) is 3. The molecule has 1 aromatic rings. The number of hydrogen-bond acceptors (Lipinski definition) is 5. The van der Waals surface area contributed by atoms with Crippen molar-refractivity contribution in [2.45, 2.75) is 25.8 Å². The molecule has 1 aromatic heterocycles. The van der Waals surface area contributed by atoms with Gasteiger partial charge in [-0.25, -0.2) is 10.4 Å². The first-order chi connectivity index (χ1) is 7.65. The van der Waals surface area contributed by atoms with Crippen LogP contribution < -0.4 is 11.3 Å². The van der Waals surface area contributed by atoms with Crippen LogP contribution in [0.5, 0.6) is 0 Å². The van der Waals surface area contributed by atoms with Crippen molar-refractivity contribution in [1.29, 1.82) is 0 Å². The molecule has 0 aromatic carbocycles. The zero-order chi connectivity index (χ0) is 11.7. The first-order valence-corrected chi connectivity index (χ1v) is 4.90. The maximum Gasteiger partial charge on any atom is 0.356 e. The highest BCUT2D eigenvalue weighted by Gasteiger charge is 2.32. The number of hydrogen-bond donors (Lipinski definition) is 2. The van der Waals surface area contributed by atoms with Crippen molar-refractivity contribution in [3.63, 3.8) is 0 Å². The number of imidazole rings is 1. The van der Waals surface area contributed by atoms with Crippen molar-refractivity contribution in [3.8, 4) is 0 Å². The van der Waals surface area contributed by atoms with Gasteiger partial charge in [0.2, 0.25) is 5.69 Å². The number of carbonyl (C=O) groups excluding carboxylic acids is 1. The second-order valence-electron chi connectivity index (χ2n) is 3.54. The van der Waals surface area contributed by atoms with Gasteiger partial charge < -0.3 is 10.1 Å². The van der Waals surface area contributed by atoms with Crippen LogP contribution in [0.15, 0.2) is 0 Å². The fraction of sp³-hybridized carbons (Fsp3) is 0.500. The maximum absolute atomic E-state index is 11.3. The van der Waals surface area contributed by atoms with Crippen LogP contribution in [-0.2, 0) is 13.0 Å². The van der Waals surface area contributed by atoms with Crippen molar-refractivity contribution in [2.75, 3.05) is 0 Å². The van der Waals surface area contributed by atoms with E-state index >= 15 is 0 Å². The van der Waals surface area contributed by atoms with E-state index in [1.807, 2.05) is 5.43 Å². The Kier molecular flexibility index (Phi) is 2.57. The number of amides is 1. The lowest BCUT2D eigenvalue weighted by molar-refractivity contribution is -0.392. The summed E-state index contributed by atoms with van der Waals surface area (Å²) in [4.78, 5) is 25.6. The van der Waals surface area contributed by atoms with Gasteiger partial charge in [0, 0.05) is 6.42 Å². The molecule has 0 atom stereocenters. The second-order valence-corrected chi connectivity index (χ2v) is 3.54. The van der Waals surface area contributed by atoms with Gasteiger partial charge in [0.25, 0.3) is 5.91 Å². The van der Waals surface area contributed by atoms with Crippen LogP contribution in [0.3, 0.4) is 0 Å². The highest BCUT2D eigenvalue weighted by Crippen LogP contribution is 2.25. The Bertz CT molecular complexity index is 453. The quantitative estimate of drug-likeness (QED) is 0.311. The van der Waals surface area contributed by atoms with E-state index < -0.39 is 10.8 Å². The molecule has 8 heteroatoms. The minimum Gasteiger partial charge on any atom is -0.358 e. The average molecular weight is 225 g/mol. The number of nitro groups is 1. The molecular formula is C8H11N5O3. The number of nitrogens with two attached hydrogens (primary N) is 1. The van der Waals surface area contributed by atoms with Crippen LogP contribution >= 0.6 is 0 Å². The van der Waals surface area contributed by atoms with Gasteiger partial charge in [0.1, 0.15) is 0 Å². The summed E-state index contributed by atoms with van der Waals surface area (Å²) in [5, 5.41) is 10.9. The SMILES string of the molecule is NNC(=O)c1nc2n(c1[N+](=O)[O-])CCCC2. The summed E-state index contributed by atoms with van der Waals surface area (Å²) >= 11 is 0. The highest BCUT2D eigenvalue weighted by atomic mass is 16.6. The van der Waals surface area contributed by atoms with Gasteiger partial charge in [0.15, 0.2) is 5.82 Å². The standard InChI is InChI=1S/C8H11N5O3/c9-11-7(14)6-8(13(15)16)12-4-2-1-3-5(12)10-6/h1-4,9H2,(H,11,14). The van der Waals surface area contributed by atoms with E-state index in [2.05, 4.69) is 4.98 Å².